The summed E-state index contributed by atoms with van der Waals surface area (Å²) in [5, 5.41) is 1.28. The fourth-order valence-corrected chi connectivity index (χ4v) is 1.83. The quantitative estimate of drug-likeness (QED) is 0.828. The van der Waals surface area contributed by atoms with Gasteiger partial charge in [0.1, 0.15) is 12.4 Å². The number of ether oxygens (including phenoxy) is 1. The van der Waals surface area contributed by atoms with Crippen LogP contribution in [-0.4, -0.2) is 17.7 Å². The number of rotatable bonds is 3. The molecule has 0 aliphatic rings. The first-order valence-corrected chi connectivity index (χ1v) is 5.11. The molecule has 1 aromatic carbocycles. The minimum absolute atomic E-state index is 0.546. The van der Waals surface area contributed by atoms with E-state index in [9.17, 15) is 0 Å². The van der Waals surface area contributed by atoms with Crippen molar-refractivity contribution in [3.8, 4) is 5.75 Å². The maximum Gasteiger partial charge on any atom is 0.121 e. The molecule has 3 heteroatoms. The summed E-state index contributed by atoms with van der Waals surface area (Å²) in [6.45, 7) is 3.22. The Labute approximate surface area is 89.4 Å². The van der Waals surface area contributed by atoms with Crippen LogP contribution in [0.25, 0.3) is 10.9 Å². The third-order valence-corrected chi connectivity index (χ3v) is 2.55. The number of aryl methyl sites for hydroxylation is 2. The van der Waals surface area contributed by atoms with Crippen LogP contribution in [0.3, 0.4) is 0 Å². The van der Waals surface area contributed by atoms with Crippen LogP contribution >= 0.6 is 0 Å². The molecule has 0 spiro atoms. The van der Waals surface area contributed by atoms with Crippen LogP contribution in [0.4, 0.5) is 0 Å². The summed E-state index contributed by atoms with van der Waals surface area (Å²) >= 11 is 0. The second-order valence-corrected chi connectivity index (χ2v) is 3.74. The lowest BCUT2D eigenvalue weighted by molar-refractivity contribution is 0.328. The topological polar surface area (TPSA) is 40.2 Å². The van der Waals surface area contributed by atoms with Crippen molar-refractivity contribution in [2.75, 3.05) is 13.2 Å². The average molecular weight is 204 g/mol. The molecule has 0 aliphatic carbocycles. The summed E-state index contributed by atoms with van der Waals surface area (Å²) in [5.74, 6) is 0.883. The van der Waals surface area contributed by atoms with E-state index >= 15 is 0 Å². The fourth-order valence-electron chi connectivity index (χ4n) is 1.83. The van der Waals surface area contributed by atoms with Crippen LogP contribution in [0.2, 0.25) is 0 Å². The Kier molecular flexibility index (Phi) is 2.64. The Morgan fingerprint density at radius 1 is 1.40 bits per heavy atom. The van der Waals surface area contributed by atoms with E-state index in [4.69, 9.17) is 10.5 Å². The fraction of sp³-hybridized carbons (Fsp3) is 0.333. The normalized spacial score (nSPS) is 10.9. The van der Waals surface area contributed by atoms with E-state index in [0.717, 1.165) is 5.75 Å². The van der Waals surface area contributed by atoms with E-state index in [1.165, 1.54) is 16.5 Å². The zero-order valence-electron chi connectivity index (χ0n) is 9.16. The predicted molar refractivity (Wildman–Crippen MR) is 62.2 cm³/mol. The van der Waals surface area contributed by atoms with Crippen LogP contribution in [0.1, 0.15) is 5.56 Å². The van der Waals surface area contributed by atoms with Crippen molar-refractivity contribution in [3.05, 3.63) is 30.0 Å². The number of aromatic nitrogens is 1. The number of hydrogen-bond acceptors (Lipinski definition) is 2. The Morgan fingerprint density at radius 2 is 2.20 bits per heavy atom. The summed E-state index contributed by atoms with van der Waals surface area (Å²) in [7, 11) is 2.04. The van der Waals surface area contributed by atoms with Crippen molar-refractivity contribution in [3.63, 3.8) is 0 Å². The maximum atomic E-state index is 5.49. The molecule has 2 N–H and O–H groups in total. The molecule has 1 heterocycles. The maximum absolute atomic E-state index is 5.49. The third kappa shape index (κ3) is 1.83. The van der Waals surface area contributed by atoms with Crippen LogP contribution in [0.5, 0.6) is 5.75 Å². The lowest BCUT2D eigenvalue weighted by atomic mass is 10.2. The van der Waals surface area contributed by atoms with Gasteiger partial charge in [-0.2, -0.15) is 0 Å². The van der Waals surface area contributed by atoms with Gasteiger partial charge in [0.15, 0.2) is 0 Å². The second-order valence-electron chi connectivity index (χ2n) is 3.74. The molecule has 0 saturated carbocycles. The SMILES string of the molecule is Cc1cn(C)c2cc(OCCN)ccc12. The summed E-state index contributed by atoms with van der Waals surface area (Å²) in [6.07, 6.45) is 2.12. The van der Waals surface area contributed by atoms with Crippen molar-refractivity contribution in [1.82, 2.24) is 4.57 Å². The van der Waals surface area contributed by atoms with E-state index in [-0.39, 0.29) is 0 Å². The molecule has 0 atom stereocenters. The highest BCUT2D eigenvalue weighted by Gasteiger charge is 2.03. The standard InChI is InChI=1S/C12H16N2O/c1-9-8-14(2)12-7-10(15-6-5-13)3-4-11(9)12/h3-4,7-8H,5-6,13H2,1-2H3. The van der Waals surface area contributed by atoms with Gasteiger partial charge in [-0.1, -0.05) is 0 Å². The van der Waals surface area contributed by atoms with Gasteiger partial charge < -0.3 is 15.0 Å². The number of nitrogens with two attached hydrogens (primary N) is 1. The summed E-state index contributed by atoms with van der Waals surface area (Å²) < 4.78 is 7.60. The molecule has 0 fully saturated rings. The molecule has 3 nitrogen and oxygen atoms in total. The van der Waals surface area contributed by atoms with Gasteiger partial charge in [0.25, 0.3) is 0 Å². The third-order valence-electron chi connectivity index (χ3n) is 2.55. The van der Waals surface area contributed by atoms with E-state index < -0.39 is 0 Å². The van der Waals surface area contributed by atoms with Crippen LogP contribution in [0.15, 0.2) is 24.4 Å². The molecule has 0 unspecified atom stereocenters. The summed E-state index contributed by atoms with van der Waals surface area (Å²) in [5.41, 5.74) is 7.88. The highest BCUT2D eigenvalue weighted by molar-refractivity contribution is 5.84. The highest BCUT2D eigenvalue weighted by atomic mass is 16.5. The molecular formula is C12H16N2O. The molecule has 0 saturated heterocycles. The number of hydrogen-bond donors (Lipinski definition) is 1. The molecule has 2 rings (SSSR count). The minimum Gasteiger partial charge on any atom is -0.492 e. The molecule has 1 aromatic heterocycles. The van der Waals surface area contributed by atoms with Crippen LogP contribution in [0, 0.1) is 6.92 Å². The van der Waals surface area contributed by atoms with Gasteiger partial charge in [-0.25, -0.2) is 0 Å². The molecular weight excluding hydrogens is 188 g/mol. The largest absolute Gasteiger partial charge is 0.492 e. The number of fused-ring (bicyclic) bond motifs is 1. The molecule has 0 aliphatic heterocycles. The Balaban J connectivity index is 2.41. The zero-order valence-corrected chi connectivity index (χ0v) is 9.16. The summed E-state index contributed by atoms with van der Waals surface area (Å²) in [6, 6.07) is 6.14. The Morgan fingerprint density at radius 3 is 2.93 bits per heavy atom. The van der Waals surface area contributed by atoms with E-state index in [0.29, 0.717) is 13.2 Å². The molecule has 2 aromatic rings. The first kappa shape index (κ1) is 10.1. The van der Waals surface area contributed by atoms with Crippen molar-refractivity contribution >= 4 is 10.9 Å². The first-order chi connectivity index (χ1) is 7.22. The van der Waals surface area contributed by atoms with Crippen LogP contribution in [-0.2, 0) is 7.05 Å². The number of benzene rings is 1. The van der Waals surface area contributed by atoms with Crippen molar-refractivity contribution in [2.45, 2.75) is 6.92 Å². The van der Waals surface area contributed by atoms with Gasteiger partial charge in [-0.15, -0.1) is 0 Å². The highest BCUT2D eigenvalue weighted by Crippen LogP contribution is 2.24. The van der Waals surface area contributed by atoms with Crippen LogP contribution < -0.4 is 10.5 Å². The molecule has 0 amide bonds. The smallest absolute Gasteiger partial charge is 0.121 e. The first-order valence-electron chi connectivity index (χ1n) is 5.11. The van der Waals surface area contributed by atoms with E-state index in [1.54, 1.807) is 0 Å². The zero-order chi connectivity index (χ0) is 10.8. The molecule has 0 bridgehead atoms. The average Bonchev–Trinajstić information content (AvgIpc) is 2.52. The molecule has 80 valence electrons. The van der Waals surface area contributed by atoms with Gasteiger partial charge in [0.2, 0.25) is 0 Å². The second kappa shape index (κ2) is 3.95. The Hall–Kier alpha value is -1.48. The van der Waals surface area contributed by atoms with Gasteiger partial charge in [-0.3, -0.25) is 0 Å². The minimum atomic E-state index is 0.546. The van der Waals surface area contributed by atoms with Gasteiger partial charge in [0.05, 0.1) is 5.52 Å². The van der Waals surface area contributed by atoms with Gasteiger partial charge in [-0.05, 0) is 24.6 Å². The summed E-state index contributed by atoms with van der Waals surface area (Å²) in [4.78, 5) is 0. The lowest BCUT2D eigenvalue weighted by Gasteiger charge is -2.05. The van der Waals surface area contributed by atoms with Crippen molar-refractivity contribution < 1.29 is 4.74 Å². The molecule has 15 heavy (non-hydrogen) atoms. The monoisotopic (exact) mass is 204 g/mol. The molecule has 0 radical (unpaired) electrons. The number of nitrogens with zero attached hydrogens (tertiary/aromatic N) is 1. The van der Waals surface area contributed by atoms with Gasteiger partial charge >= 0.3 is 0 Å². The van der Waals surface area contributed by atoms with Crippen molar-refractivity contribution in [2.24, 2.45) is 12.8 Å². The van der Waals surface area contributed by atoms with E-state index in [1.807, 2.05) is 13.1 Å². The van der Waals surface area contributed by atoms with Crippen molar-refractivity contribution in [1.29, 1.82) is 0 Å². The van der Waals surface area contributed by atoms with E-state index in [2.05, 4.69) is 29.8 Å². The Bertz CT molecular complexity index is 474. The van der Waals surface area contributed by atoms with Gasteiger partial charge in [0, 0.05) is 31.2 Å². The lowest BCUT2D eigenvalue weighted by Crippen LogP contribution is -2.10. The predicted octanol–water partition coefficient (Wildman–Crippen LogP) is 1.82.